The van der Waals surface area contributed by atoms with E-state index in [0.717, 1.165) is 5.56 Å². The molecule has 1 atom stereocenters. The summed E-state index contributed by atoms with van der Waals surface area (Å²) in [5.74, 6) is 0.528. The first kappa shape index (κ1) is 17.4. The Morgan fingerprint density at radius 2 is 1.85 bits per heavy atom. The molecular formula is C14H22ClNO3S. The fourth-order valence-corrected chi connectivity index (χ4v) is 3.09. The van der Waals surface area contributed by atoms with E-state index in [1.54, 1.807) is 24.3 Å². The highest BCUT2D eigenvalue weighted by molar-refractivity contribution is 7.89. The van der Waals surface area contributed by atoms with E-state index in [4.69, 9.17) is 16.3 Å². The summed E-state index contributed by atoms with van der Waals surface area (Å²) >= 11 is 5.54. The largest absolute Gasteiger partial charge is 0.379 e. The predicted molar refractivity (Wildman–Crippen MR) is 81.7 cm³/mol. The van der Waals surface area contributed by atoms with Gasteiger partial charge in [0.1, 0.15) is 0 Å². The number of halogens is 1. The Morgan fingerprint density at radius 1 is 1.25 bits per heavy atom. The monoisotopic (exact) mass is 319 g/mol. The molecule has 1 aromatic rings. The maximum Gasteiger partial charge on any atom is 0.240 e. The van der Waals surface area contributed by atoms with E-state index in [-0.39, 0.29) is 16.9 Å². The van der Waals surface area contributed by atoms with Crippen LogP contribution in [-0.2, 0) is 14.8 Å². The number of alkyl halides is 1. The van der Waals surface area contributed by atoms with Crippen LogP contribution in [-0.4, -0.2) is 33.6 Å². The fourth-order valence-electron chi connectivity index (χ4n) is 1.61. The quantitative estimate of drug-likeness (QED) is 0.592. The first-order valence-corrected chi connectivity index (χ1v) is 8.61. The maximum atomic E-state index is 12.3. The van der Waals surface area contributed by atoms with Gasteiger partial charge in [-0.15, -0.1) is 11.6 Å². The van der Waals surface area contributed by atoms with Gasteiger partial charge in [-0.2, -0.15) is 0 Å². The molecule has 0 spiro atoms. The topological polar surface area (TPSA) is 55.4 Å². The zero-order valence-electron chi connectivity index (χ0n) is 12.1. The minimum Gasteiger partial charge on any atom is -0.379 e. The van der Waals surface area contributed by atoms with Gasteiger partial charge < -0.3 is 4.74 Å². The summed E-state index contributed by atoms with van der Waals surface area (Å²) in [6.07, 6.45) is 0. The summed E-state index contributed by atoms with van der Waals surface area (Å²) < 4.78 is 32.6. The lowest BCUT2D eigenvalue weighted by molar-refractivity contribution is 0.117. The fraction of sp³-hybridized carbons (Fsp3) is 0.571. The normalized spacial score (nSPS) is 13.7. The van der Waals surface area contributed by atoms with Gasteiger partial charge in [0.2, 0.25) is 10.0 Å². The minimum absolute atomic E-state index is 0.130. The molecule has 4 nitrogen and oxygen atoms in total. The van der Waals surface area contributed by atoms with Crippen molar-refractivity contribution in [3.05, 3.63) is 29.8 Å². The summed E-state index contributed by atoms with van der Waals surface area (Å²) in [5, 5.41) is 0. The molecule has 0 saturated heterocycles. The molecule has 20 heavy (non-hydrogen) atoms. The number of hydrogen-bond acceptors (Lipinski definition) is 3. The number of ether oxygens (including phenoxy) is 1. The molecule has 1 rings (SSSR count). The maximum absolute atomic E-state index is 12.3. The van der Waals surface area contributed by atoms with E-state index in [1.807, 2.05) is 20.8 Å². The van der Waals surface area contributed by atoms with Crippen LogP contribution in [0.2, 0.25) is 0 Å². The van der Waals surface area contributed by atoms with E-state index in [1.165, 1.54) is 0 Å². The van der Waals surface area contributed by atoms with Crippen LogP contribution in [0.1, 0.15) is 19.4 Å². The molecule has 0 fully saturated rings. The molecule has 0 saturated carbocycles. The van der Waals surface area contributed by atoms with Crippen molar-refractivity contribution in [1.82, 2.24) is 4.72 Å². The molecule has 0 unspecified atom stereocenters. The van der Waals surface area contributed by atoms with Gasteiger partial charge in [0.25, 0.3) is 0 Å². The van der Waals surface area contributed by atoms with Crippen molar-refractivity contribution < 1.29 is 13.2 Å². The zero-order valence-corrected chi connectivity index (χ0v) is 13.7. The van der Waals surface area contributed by atoms with Crippen molar-refractivity contribution in [2.45, 2.75) is 31.7 Å². The lowest BCUT2D eigenvalue weighted by Gasteiger charge is -2.22. The second kappa shape index (κ2) is 7.98. The average molecular weight is 320 g/mol. The minimum atomic E-state index is -3.52. The Labute approximate surface area is 126 Å². The lowest BCUT2D eigenvalue weighted by Crippen LogP contribution is -2.41. The smallest absolute Gasteiger partial charge is 0.240 e. The number of sulfonamides is 1. The first-order valence-electron chi connectivity index (χ1n) is 6.59. The summed E-state index contributed by atoms with van der Waals surface area (Å²) in [5.41, 5.74) is 1.02. The van der Waals surface area contributed by atoms with E-state index in [2.05, 4.69) is 4.72 Å². The standard InChI is InChI=1S/C14H22ClNO3S/c1-11(2)14(10-19-9-8-15)16-20(17,18)13-6-4-12(3)5-7-13/h4-7,11,14,16H,8-10H2,1-3H3/t14-/m1/s1. The predicted octanol–water partition coefficient (Wildman–Crippen LogP) is 2.55. The molecule has 0 radical (unpaired) electrons. The van der Waals surface area contributed by atoms with Gasteiger partial charge in [-0.05, 0) is 25.0 Å². The molecule has 114 valence electrons. The highest BCUT2D eigenvalue weighted by Gasteiger charge is 2.22. The van der Waals surface area contributed by atoms with Crippen molar-refractivity contribution in [2.75, 3.05) is 19.1 Å². The molecule has 1 N–H and O–H groups in total. The molecule has 0 aliphatic carbocycles. The Bertz CT molecular complexity index is 500. The molecule has 0 aromatic heterocycles. The Morgan fingerprint density at radius 3 is 2.35 bits per heavy atom. The van der Waals surface area contributed by atoms with Crippen molar-refractivity contribution in [2.24, 2.45) is 5.92 Å². The molecule has 1 aromatic carbocycles. The van der Waals surface area contributed by atoms with E-state index in [0.29, 0.717) is 19.1 Å². The van der Waals surface area contributed by atoms with Crippen LogP contribution in [0.25, 0.3) is 0 Å². The highest BCUT2D eigenvalue weighted by atomic mass is 35.5. The second-order valence-corrected chi connectivity index (χ2v) is 7.14. The number of hydrogen-bond donors (Lipinski definition) is 1. The van der Waals surface area contributed by atoms with Crippen LogP contribution in [0, 0.1) is 12.8 Å². The number of rotatable bonds is 8. The molecular weight excluding hydrogens is 298 g/mol. The van der Waals surface area contributed by atoms with Crippen molar-refractivity contribution >= 4 is 21.6 Å². The molecule has 0 bridgehead atoms. The summed E-state index contributed by atoms with van der Waals surface area (Å²) in [4.78, 5) is 0.270. The van der Waals surface area contributed by atoms with Gasteiger partial charge >= 0.3 is 0 Å². The second-order valence-electron chi connectivity index (χ2n) is 5.05. The van der Waals surface area contributed by atoms with Crippen LogP contribution >= 0.6 is 11.6 Å². The third kappa shape index (κ3) is 5.40. The van der Waals surface area contributed by atoms with Crippen LogP contribution < -0.4 is 4.72 Å². The van der Waals surface area contributed by atoms with Crippen molar-refractivity contribution in [3.8, 4) is 0 Å². The molecule has 0 heterocycles. The van der Waals surface area contributed by atoms with Crippen LogP contribution in [0.4, 0.5) is 0 Å². The third-order valence-electron chi connectivity index (χ3n) is 2.96. The zero-order chi connectivity index (χ0) is 15.2. The SMILES string of the molecule is Cc1ccc(S(=O)(=O)N[C@H](COCCCl)C(C)C)cc1. The van der Waals surface area contributed by atoms with Gasteiger partial charge in [-0.25, -0.2) is 13.1 Å². The lowest BCUT2D eigenvalue weighted by atomic mass is 10.1. The van der Waals surface area contributed by atoms with E-state index >= 15 is 0 Å². The third-order valence-corrected chi connectivity index (χ3v) is 4.62. The summed E-state index contributed by atoms with van der Waals surface area (Å²) in [7, 11) is -3.52. The van der Waals surface area contributed by atoms with Crippen molar-refractivity contribution in [1.29, 1.82) is 0 Å². The van der Waals surface area contributed by atoms with Gasteiger partial charge in [0.05, 0.1) is 18.1 Å². The molecule has 0 aliphatic rings. The van der Waals surface area contributed by atoms with Gasteiger partial charge in [0.15, 0.2) is 0 Å². The molecule has 0 aliphatic heterocycles. The van der Waals surface area contributed by atoms with Crippen molar-refractivity contribution in [3.63, 3.8) is 0 Å². The molecule has 6 heteroatoms. The number of nitrogens with one attached hydrogen (secondary N) is 1. The van der Waals surface area contributed by atoms with Crippen LogP contribution in [0.5, 0.6) is 0 Å². The average Bonchev–Trinajstić information content (AvgIpc) is 2.38. The summed E-state index contributed by atoms with van der Waals surface area (Å²) in [6.45, 7) is 6.55. The number of benzene rings is 1. The van der Waals surface area contributed by atoms with Crippen LogP contribution in [0.15, 0.2) is 29.2 Å². The van der Waals surface area contributed by atoms with Gasteiger partial charge in [-0.3, -0.25) is 0 Å². The van der Waals surface area contributed by atoms with Gasteiger partial charge in [0, 0.05) is 11.9 Å². The Balaban J connectivity index is 2.78. The Hall–Kier alpha value is -0.620. The van der Waals surface area contributed by atoms with E-state index in [9.17, 15) is 8.42 Å². The summed E-state index contributed by atoms with van der Waals surface area (Å²) in [6, 6.07) is 6.50. The van der Waals surface area contributed by atoms with Crippen LogP contribution in [0.3, 0.4) is 0 Å². The Kier molecular flexibility index (Phi) is 6.95. The highest BCUT2D eigenvalue weighted by Crippen LogP contribution is 2.13. The number of aryl methyl sites for hydroxylation is 1. The first-order chi connectivity index (χ1) is 9.36. The van der Waals surface area contributed by atoms with E-state index < -0.39 is 10.0 Å². The molecule has 0 amide bonds. The van der Waals surface area contributed by atoms with Gasteiger partial charge in [-0.1, -0.05) is 31.5 Å².